The van der Waals surface area contributed by atoms with E-state index in [0.29, 0.717) is 22.5 Å². The number of rotatable bonds is 3. The zero-order chi connectivity index (χ0) is 16.8. The topological polar surface area (TPSA) is 92.9 Å². The molecule has 0 aliphatic carbocycles. The van der Waals surface area contributed by atoms with E-state index in [2.05, 4.69) is 32.8 Å². The molecule has 2 aromatic rings. The first-order valence-corrected chi connectivity index (χ1v) is 7.97. The smallest absolute Gasteiger partial charge is 0.400 e. The van der Waals surface area contributed by atoms with Gasteiger partial charge in [0.15, 0.2) is 5.65 Å². The van der Waals surface area contributed by atoms with Crippen molar-refractivity contribution < 1.29 is 9.31 Å². The summed E-state index contributed by atoms with van der Waals surface area (Å²) in [7, 11) is -0.522. The van der Waals surface area contributed by atoms with Crippen LogP contribution in [0, 0.1) is 0 Å². The van der Waals surface area contributed by atoms with Gasteiger partial charge in [-0.25, -0.2) is 4.98 Å². The number of aromatic nitrogens is 4. The van der Waals surface area contributed by atoms with Gasteiger partial charge >= 0.3 is 7.12 Å². The second-order valence-electron chi connectivity index (χ2n) is 6.53. The Morgan fingerprint density at radius 3 is 2.61 bits per heavy atom. The first-order chi connectivity index (χ1) is 10.7. The quantitative estimate of drug-likeness (QED) is 0.586. The van der Waals surface area contributed by atoms with E-state index in [1.54, 1.807) is 6.08 Å². The van der Waals surface area contributed by atoms with Gasteiger partial charge in [0.1, 0.15) is 5.39 Å². The van der Waals surface area contributed by atoms with Crippen LogP contribution in [0.1, 0.15) is 33.4 Å². The molecule has 2 aromatic heterocycles. The largest absolute Gasteiger partial charge is 0.491 e. The summed E-state index contributed by atoms with van der Waals surface area (Å²) in [5, 5.41) is 7.28. The zero-order valence-electron chi connectivity index (χ0n) is 13.5. The normalized spacial score (nSPS) is 20.4. The number of nitrogens with one attached hydrogen (secondary N) is 2. The van der Waals surface area contributed by atoms with E-state index in [0.717, 1.165) is 5.47 Å². The molecular weight excluding hydrogens is 315 g/mol. The number of thiol groups is 1. The zero-order valence-corrected chi connectivity index (χ0v) is 14.4. The number of fused-ring (bicyclic) bond motifs is 1. The lowest BCUT2D eigenvalue weighted by atomic mass is 9.78. The van der Waals surface area contributed by atoms with Crippen molar-refractivity contribution in [1.82, 2.24) is 20.2 Å². The maximum absolute atomic E-state index is 12.0. The SMILES string of the molecule is CC1(C)OB(C(=Cc2[nH]nc3nc[nH]c(=O)c23)CS)OC1(C)C. The molecule has 1 aliphatic heterocycles. The van der Waals surface area contributed by atoms with E-state index in [1.807, 2.05) is 27.7 Å². The molecule has 0 atom stereocenters. The summed E-state index contributed by atoms with van der Waals surface area (Å²) in [6.45, 7) is 7.96. The summed E-state index contributed by atoms with van der Waals surface area (Å²) in [5.74, 6) is 0.426. The van der Waals surface area contributed by atoms with Crippen LogP contribution >= 0.6 is 12.6 Å². The Balaban J connectivity index is 2.01. The standard InChI is InChI=1S/C14H19BN4O3S/c1-13(2)14(3,4)22-15(21-13)8(6-23)5-9-10-11(19-18-9)16-7-17-12(10)20/h5,7,23H,6H2,1-4H3,(H2,16,17,18,19,20). The molecule has 122 valence electrons. The molecular formula is C14H19BN4O3S. The summed E-state index contributed by atoms with van der Waals surface area (Å²) < 4.78 is 12.1. The minimum Gasteiger partial charge on any atom is -0.400 e. The summed E-state index contributed by atoms with van der Waals surface area (Å²) >= 11 is 4.37. The van der Waals surface area contributed by atoms with Gasteiger partial charge in [0.25, 0.3) is 5.56 Å². The molecule has 3 heterocycles. The molecule has 0 aromatic carbocycles. The minimum absolute atomic E-state index is 0.248. The number of aromatic amines is 2. The van der Waals surface area contributed by atoms with Crippen LogP contribution in [0.25, 0.3) is 17.1 Å². The van der Waals surface area contributed by atoms with E-state index in [4.69, 9.17) is 9.31 Å². The van der Waals surface area contributed by atoms with Crippen molar-refractivity contribution in [2.75, 3.05) is 5.75 Å². The second-order valence-corrected chi connectivity index (χ2v) is 6.85. The van der Waals surface area contributed by atoms with Gasteiger partial charge in [-0.1, -0.05) is 0 Å². The first kappa shape index (κ1) is 16.3. The molecule has 7 nitrogen and oxygen atoms in total. The van der Waals surface area contributed by atoms with Gasteiger partial charge in [0.05, 0.1) is 23.2 Å². The molecule has 1 fully saturated rings. The van der Waals surface area contributed by atoms with Crippen LogP contribution in [0.5, 0.6) is 0 Å². The lowest BCUT2D eigenvalue weighted by Crippen LogP contribution is -2.41. The third-order valence-electron chi connectivity index (χ3n) is 4.45. The molecule has 0 bridgehead atoms. The van der Waals surface area contributed by atoms with E-state index in [1.165, 1.54) is 6.33 Å². The van der Waals surface area contributed by atoms with Crippen molar-refractivity contribution in [3.05, 3.63) is 27.8 Å². The third-order valence-corrected chi connectivity index (χ3v) is 4.82. The molecule has 1 saturated heterocycles. The predicted octanol–water partition coefficient (Wildman–Crippen LogP) is 1.59. The number of hydrogen-bond acceptors (Lipinski definition) is 6. The lowest BCUT2D eigenvalue weighted by Gasteiger charge is -2.32. The lowest BCUT2D eigenvalue weighted by molar-refractivity contribution is 0.00578. The van der Waals surface area contributed by atoms with Crippen LogP contribution in [-0.4, -0.2) is 44.2 Å². The highest BCUT2D eigenvalue weighted by Gasteiger charge is 2.52. The van der Waals surface area contributed by atoms with Crippen molar-refractivity contribution in [1.29, 1.82) is 0 Å². The fourth-order valence-corrected chi connectivity index (χ4v) is 2.60. The minimum atomic E-state index is -0.522. The summed E-state index contributed by atoms with van der Waals surface area (Å²) in [6, 6.07) is 0. The Labute approximate surface area is 139 Å². The molecule has 0 spiro atoms. The van der Waals surface area contributed by atoms with Gasteiger partial charge in [-0.05, 0) is 39.2 Å². The summed E-state index contributed by atoms with van der Waals surface area (Å²) in [6.07, 6.45) is 3.12. The first-order valence-electron chi connectivity index (χ1n) is 7.34. The number of nitrogens with zero attached hydrogens (tertiary/aromatic N) is 2. The van der Waals surface area contributed by atoms with Gasteiger partial charge in [0, 0.05) is 5.75 Å². The molecule has 0 saturated carbocycles. The fourth-order valence-electron chi connectivity index (χ4n) is 2.36. The summed E-state index contributed by atoms with van der Waals surface area (Å²) in [5.41, 5.74) is 0.618. The maximum Gasteiger partial charge on any atom is 0.491 e. The van der Waals surface area contributed by atoms with E-state index >= 15 is 0 Å². The highest BCUT2D eigenvalue weighted by Crippen LogP contribution is 2.39. The predicted molar refractivity (Wildman–Crippen MR) is 92.4 cm³/mol. The Bertz CT molecular complexity index is 811. The molecule has 0 radical (unpaired) electrons. The van der Waals surface area contributed by atoms with Crippen molar-refractivity contribution >= 4 is 36.9 Å². The van der Waals surface area contributed by atoms with Gasteiger partial charge in [0.2, 0.25) is 0 Å². The molecule has 3 rings (SSSR count). The maximum atomic E-state index is 12.0. The van der Waals surface area contributed by atoms with Crippen LogP contribution in [-0.2, 0) is 9.31 Å². The van der Waals surface area contributed by atoms with Crippen LogP contribution in [0.3, 0.4) is 0 Å². The Kier molecular flexibility index (Phi) is 3.90. The van der Waals surface area contributed by atoms with Gasteiger partial charge in [-0.2, -0.15) is 17.7 Å². The highest BCUT2D eigenvalue weighted by molar-refractivity contribution is 7.80. The van der Waals surface area contributed by atoms with Crippen LogP contribution in [0.2, 0.25) is 0 Å². The van der Waals surface area contributed by atoms with Crippen molar-refractivity contribution in [3.63, 3.8) is 0 Å². The Morgan fingerprint density at radius 2 is 2.00 bits per heavy atom. The van der Waals surface area contributed by atoms with Crippen molar-refractivity contribution in [3.8, 4) is 0 Å². The highest BCUT2D eigenvalue weighted by atomic mass is 32.1. The third kappa shape index (κ3) is 2.73. The average molecular weight is 334 g/mol. The fraction of sp³-hybridized carbons (Fsp3) is 0.500. The van der Waals surface area contributed by atoms with Crippen molar-refractivity contribution in [2.45, 2.75) is 38.9 Å². The van der Waals surface area contributed by atoms with Gasteiger partial charge in [-0.15, -0.1) is 0 Å². The van der Waals surface area contributed by atoms with Crippen LogP contribution < -0.4 is 5.56 Å². The van der Waals surface area contributed by atoms with E-state index in [9.17, 15) is 4.79 Å². The Morgan fingerprint density at radius 1 is 1.35 bits per heavy atom. The summed E-state index contributed by atoms with van der Waals surface area (Å²) in [4.78, 5) is 18.6. The van der Waals surface area contributed by atoms with Crippen LogP contribution in [0.4, 0.5) is 0 Å². The van der Waals surface area contributed by atoms with E-state index in [-0.39, 0.29) is 5.56 Å². The second kappa shape index (κ2) is 5.50. The monoisotopic (exact) mass is 334 g/mol. The van der Waals surface area contributed by atoms with Crippen molar-refractivity contribution in [2.24, 2.45) is 0 Å². The molecule has 0 unspecified atom stereocenters. The molecule has 9 heteroatoms. The molecule has 23 heavy (non-hydrogen) atoms. The van der Waals surface area contributed by atoms with Crippen LogP contribution in [0.15, 0.2) is 16.6 Å². The molecule has 2 N–H and O–H groups in total. The Hall–Kier alpha value is -1.58. The van der Waals surface area contributed by atoms with E-state index < -0.39 is 18.3 Å². The number of hydrogen-bond donors (Lipinski definition) is 3. The number of H-pyrrole nitrogens is 2. The average Bonchev–Trinajstić information content (AvgIpc) is 2.96. The van der Waals surface area contributed by atoms with Gasteiger partial charge < -0.3 is 14.3 Å². The molecule has 0 amide bonds. The molecule has 1 aliphatic rings. The van der Waals surface area contributed by atoms with Gasteiger partial charge in [-0.3, -0.25) is 9.89 Å².